The molecule has 1 fully saturated rings. The second-order valence-corrected chi connectivity index (χ2v) is 10.8. The van der Waals surface area contributed by atoms with Crippen molar-refractivity contribution in [3.05, 3.63) is 54.1 Å². The number of amides is 1. The number of sulfonamides is 1. The minimum atomic E-state index is -3.61. The molecular formula is C23H26N4O4S2. The first-order valence-corrected chi connectivity index (χ1v) is 13.4. The van der Waals surface area contributed by atoms with E-state index in [0.717, 1.165) is 42.6 Å². The van der Waals surface area contributed by atoms with E-state index in [-0.39, 0.29) is 17.0 Å². The summed E-state index contributed by atoms with van der Waals surface area (Å²) in [6.45, 7) is 0. The molecule has 0 unspecified atom stereocenters. The number of hydrogen-bond acceptors (Lipinski definition) is 7. The van der Waals surface area contributed by atoms with Crippen LogP contribution in [0, 0.1) is 0 Å². The van der Waals surface area contributed by atoms with Gasteiger partial charge in [-0.3, -0.25) is 10.1 Å². The van der Waals surface area contributed by atoms with E-state index in [4.69, 9.17) is 4.42 Å². The zero-order chi connectivity index (χ0) is 23.4. The monoisotopic (exact) mass is 486 g/mol. The van der Waals surface area contributed by atoms with Crippen molar-refractivity contribution < 1.29 is 17.6 Å². The fourth-order valence-electron chi connectivity index (χ4n) is 3.88. The van der Waals surface area contributed by atoms with Crippen molar-refractivity contribution in [1.29, 1.82) is 0 Å². The van der Waals surface area contributed by atoms with Gasteiger partial charge in [0, 0.05) is 29.1 Å². The van der Waals surface area contributed by atoms with Crippen LogP contribution >= 0.6 is 11.8 Å². The summed E-state index contributed by atoms with van der Waals surface area (Å²) in [6, 6.07) is 13.5. The third-order valence-electron chi connectivity index (χ3n) is 5.86. The predicted octanol–water partition coefficient (Wildman–Crippen LogP) is 4.66. The predicted molar refractivity (Wildman–Crippen MR) is 128 cm³/mol. The molecule has 1 heterocycles. The highest BCUT2D eigenvalue weighted by molar-refractivity contribution is 7.98. The average molecular weight is 487 g/mol. The Morgan fingerprint density at radius 3 is 2.33 bits per heavy atom. The van der Waals surface area contributed by atoms with Gasteiger partial charge in [-0.05, 0) is 67.6 Å². The highest BCUT2D eigenvalue weighted by Gasteiger charge is 2.29. The Bertz CT molecular complexity index is 1200. The second-order valence-electron chi connectivity index (χ2n) is 7.93. The molecule has 33 heavy (non-hydrogen) atoms. The molecule has 10 heteroatoms. The van der Waals surface area contributed by atoms with Crippen molar-refractivity contribution in [3.63, 3.8) is 0 Å². The summed E-state index contributed by atoms with van der Waals surface area (Å²) in [5.41, 5.74) is 1.04. The van der Waals surface area contributed by atoms with E-state index in [1.165, 1.54) is 28.6 Å². The number of hydrogen-bond donors (Lipinski definition) is 1. The highest BCUT2D eigenvalue weighted by atomic mass is 32.2. The number of nitrogens with zero attached hydrogens (tertiary/aromatic N) is 3. The van der Waals surface area contributed by atoms with Crippen molar-refractivity contribution in [3.8, 4) is 11.5 Å². The Kier molecular flexibility index (Phi) is 7.16. The molecule has 4 rings (SSSR count). The lowest BCUT2D eigenvalue weighted by Crippen LogP contribution is -2.38. The topological polar surface area (TPSA) is 105 Å². The van der Waals surface area contributed by atoms with Crippen LogP contribution < -0.4 is 5.32 Å². The van der Waals surface area contributed by atoms with E-state index in [9.17, 15) is 13.2 Å². The van der Waals surface area contributed by atoms with Crippen LogP contribution in [-0.2, 0) is 10.0 Å². The van der Waals surface area contributed by atoms with Gasteiger partial charge < -0.3 is 4.42 Å². The number of benzene rings is 2. The van der Waals surface area contributed by atoms with Crippen LogP contribution in [0.15, 0.2) is 62.7 Å². The molecule has 2 aromatic carbocycles. The number of rotatable bonds is 7. The third kappa shape index (κ3) is 5.29. The molecule has 1 saturated carbocycles. The SMILES string of the molecule is CSc1ccc(-c2nnc(NC(=O)c3ccc(S(=O)(=O)N(C)C4CCCCC4)cc3)o2)cc1. The Labute approximate surface area is 197 Å². The van der Waals surface area contributed by atoms with Gasteiger partial charge in [0.15, 0.2) is 0 Å². The zero-order valence-corrected chi connectivity index (χ0v) is 20.2. The summed E-state index contributed by atoms with van der Waals surface area (Å²) in [6.07, 6.45) is 6.99. The molecule has 0 aliphatic heterocycles. The molecule has 1 N–H and O–H groups in total. The molecule has 0 bridgehead atoms. The number of nitrogens with one attached hydrogen (secondary N) is 1. The Hall–Kier alpha value is -2.69. The summed E-state index contributed by atoms with van der Waals surface area (Å²) in [5, 5.41) is 10.4. The molecule has 1 aliphatic carbocycles. The molecule has 0 radical (unpaired) electrons. The van der Waals surface area contributed by atoms with Gasteiger partial charge in [-0.2, -0.15) is 4.31 Å². The van der Waals surface area contributed by atoms with E-state index < -0.39 is 15.9 Å². The van der Waals surface area contributed by atoms with Crippen LogP contribution in [-0.4, -0.2) is 48.2 Å². The van der Waals surface area contributed by atoms with Gasteiger partial charge >= 0.3 is 6.01 Å². The van der Waals surface area contributed by atoms with Gasteiger partial charge in [-0.15, -0.1) is 16.9 Å². The first kappa shape index (κ1) is 23.5. The Morgan fingerprint density at radius 2 is 1.70 bits per heavy atom. The maximum atomic E-state index is 13.0. The fourth-order valence-corrected chi connectivity index (χ4v) is 5.70. The summed E-state index contributed by atoms with van der Waals surface area (Å²) >= 11 is 1.63. The molecule has 0 atom stereocenters. The molecule has 3 aromatic rings. The number of thioether (sulfide) groups is 1. The van der Waals surface area contributed by atoms with Crippen molar-refractivity contribution in [2.45, 2.75) is 47.9 Å². The van der Waals surface area contributed by atoms with E-state index >= 15 is 0 Å². The smallest absolute Gasteiger partial charge is 0.322 e. The van der Waals surface area contributed by atoms with E-state index in [0.29, 0.717) is 11.5 Å². The maximum absolute atomic E-state index is 13.0. The second kappa shape index (κ2) is 10.1. The van der Waals surface area contributed by atoms with Gasteiger partial charge in [0.2, 0.25) is 15.9 Å². The van der Waals surface area contributed by atoms with E-state index in [2.05, 4.69) is 15.5 Å². The minimum Gasteiger partial charge on any atom is -0.403 e. The number of carbonyl (C=O) groups excluding carboxylic acids is 1. The van der Waals surface area contributed by atoms with Gasteiger partial charge in [-0.1, -0.05) is 24.4 Å². The molecule has 1 amide bonds. The quantitative estimate of drug-likeness (QED) is 0.484. The molecule has 1 aliphatic rings. The number of carbonyl (C=O) groups is 1. The van der Waals surface area contributed by atoms with Crippen LogP contribution in [0.25, 0.3) is 11.5 Å². The van der Waals surface area contributed by atoms with Gasteiger partial charge in [0.1, 0.15) is 0 Å². The zero-order valence-electron chi connectivity index (χ0n) is 18.5. The normalized spacial score (nSPS) is 15.0. The summed E-state index contributed by atoms with van der Waals surface area (Å²) in [7, 11) is -1.98. The molecule has 1 aromatic heterocycles. The van der Waals surface area contributed by atoms with Crippen LogP contribution in [0.4, 0.5) is 6.01 Å². The Balaban J connectivity index is 1.42. The summed E-state index contributed by atoms with van der Waals surface area (Å²) < 4.78 is 33.0. The molecule has 0 saturated heterocycles. The third-order valence-corrected chi connectivity index (χ3v) is 8.53. The summed E-state index contributed by atoms with van der Waals surface area (Å²) in [5.74, 6) is -0.169. The van der Waals surface area contributed by atoms with Gasteiger partial charge in [-0.25, -0.2) is 8.42 Å². The molecule has 0 spiro atoms. The largest absolute Gasteiger partial charge is 0.403 e. The van der Waals surface area contributed by atoms with Crippen LogP contribution in [0.5, 0.6) is 0 Å². The van der Waals surface area contributed by atoms with Gasteiger partial charge in [0.05, 0.1) is 4.90 Å². The standard InChI is InChI=1S/C23H26N4O4S2/c1-27(18-6-4-3-5-7-18)33(29,30)20-14-10-16(11-15-20)21(28)24-23-26-25-22(31-23)17-8-12-19(32-2)13-9-17/h8-15,18H,3-7H2,1-2H3,(H,24,26,28). The van der Waals surface area contributed by atoms with Crippen molar-refractivity contribution in [1.82, 2.24) is 14.5 Å². The first-order chi connectivity index (χ1) is 15.9. The lowest BCUT2D eigenvalue weighted by atomic mass is 9.96. The number of anilines is 1. The van der Waals surface area contributed by atoms with Crippen LogP contribution in [0.2, 0.25) is 0 Å². The van der Waals surface area contributed by atoms with E-state index in [1.807, 2.05) is 30.5 Å². The lowest BCUT2D eigenvalue weighted by Gasteiger charge is -2.30. The first-order valence-electron chi connectivity index (χ1n) is 10.8. The van der Waals surface area contributed by atoms with Gasteiger partial charge in [0.25, 0.3) is 5.91 Å². The lowest BCUT2D eigenvalue weighted by molar-refractivity contribution is 0.102. The maximum Gasteiger partial charge on any atom is 0.322 e. The van der Waals surface area contributed by atoms with Crippen LogP contribution in [0.1, 0.15) is 42.5 Å². The molecular weight excluding hydrogens is 460 g/mol. The van der Waals surface area contributed by atoms with Crippen LogP contribution in [0.3, 0.4) is 0 Å². The van der Waals surface area contributed by atoms with Crippen molar-refractivity contribution in [2.75, 3.05) is 18.6 Å². The van der Waals surface area contributed by atoms with Crippen molar-refractivity contribution in [2.24, 2.45) is 0 Å². The minimum absolute atomic E-state index is 0.0235. The van der Waals surface area contributed by atoms with Crippen molar-refractivity contribution >= 4 is 33.7 Å². The highest BCUT2D eigenvalue weighted by Crippen LogP contribution is 2.27. The number of aromatic nitrogens is 2. The Morgan fingerprint density at radius 1 is 1.03 bits per heavy atom. The molecule has 174 valence electrons. The van der Waals surface area contributed by atoms with E-state index in [1.54, 1.807) is 18.8 Å². The fraction of sp³-hybridized carbons (Fsp3) is 0.348. The average Bonchev–Trinajstić information content (AvgIpc) is 3.32. The molecule has 8 nitrogen and oxygen atoms in total. The summed E-state index contributed by atoms with van der Waals surface area (Å²) in [4.78, 5) is 13.9.